The predicted molar refractivity (Wildman–Crippen MR) is 80.9 cm³/mol. The molecule has 1 amide bonds. The third kappa shape index (κ3) is 4.43. The summed E-state index contributed by atoms with van der Waals surface area (Å²) in [7, 11) is 0. The molecule has 3 N–H and O–H groups in total. The van der Waals surface area contributed by atoms with Crippen molar-refractivity contribution in [3.05, 3.63) is 0 Å². The van der Waals surface area contributed by atoms with Crippen LogP contribution in [0.25, 0.3) is 0 Å². The lowest BCUT2D eigenvalue weighted by atomic mass is 9.79. The maximum absolute atomic E-state index is 12.3. The SMILES string of the molecule is CCC1CCNC(C(=O)NCC2CCCCC2C(=O)O)C1. The molecule has 2 aliphatic rings. The van der Waals surface area contributed by atoms with Crippen LogP contribution in [0.1, 0.15) is 51.9 Å². The summed E-state index contributed by atoms with van der Waals surface area (Å²) < 4.78 is 0. The molecule has 2 rings (SSSR count). The van der Waals surface area contributed by atoms with E-state index in [1.165, 1.54) is 0 Å². The van der Waals surface area contributed by atoms with Crippen LogP contribution in [0.3, 0.4) is 0 Å². The Morgan fingerprint density at radius 3 is 2.71 bits per heavy atom. The lowest BCUT2D eigenvalue weighted by Gasteiger charge is -2.31. The molecule has 4 unspecified atom stereocenters. The zero-order chi connectivity index (χ0) is 15.2. The molecule has 1 saturated heterocycles. The molecule has 0 aromatic carbocycles. The van der Waals surface area contributed by atoms with Crippen LogP contribution in [-0.2, 0) is 9.59 Å². The molecule has 2 fully saturated rings. The Morgan fingerprint density at radius 2 is 2.00 bits per heavy atom. The topological polar surface area (TPSA) is 78.4 Å². The Balaban J connectivity index is 1.81. The van der Waals surface area contributed by atoms with Gasteiger partial charge in [0.15, 0.2) is 0 Å². The largest absolute Gasteiger partial charge is 0.481 e. The highest BCUT2D eigenvalue weighted by Gasteiger charge is 2.32. The van der Waals surface area contributed by atoms with Crippen molar-refractivity contribution in [2.45, 2.75) is 57.9 Å². The molecular weight excluding hydrogens is 268 g/mol. The van der Waals surface area contributed by atoms with Crippen molar-refractivity contribution in [2.75, 3.05) is 13.1 Å². The molecule has 0 spiro atoms. The number of hydrogen-bond acceptors (Lipinski definition) is 3. The molecule has 4 atom stereocenters. The number of nitrogens with one attached hydrogen (secondary N) is 2. The molecule has 5 nitrogen and oxygen atoms in total. The Hall–Kier alpha value is -1.10. The first-order chi connectivity index (χ1) is 10.1. The summed E-state index contributed by atoms with van der Waals surface area (Å²) in [5.74, 6) is -0.241. The van der Waals surface area contributed by atoms with Crippen LogP contribution in [-0.4, -0.2) is 36.1 Å². The standard InChI is InChI=1S/C16H28N2O3/c1-2-11-7-8-17-14(9-11)15(19)18-10-12-5-3-4-6-13(12)16(20)21/h11-14,17H,2-10H2,1H3,(H,18,19)(H,20,21). The number of amides is 1. The van der Waals surface area contributed by atoms with Crippen molar-refractivity contribution in [1.82, 2.24) is 10.6 Å². The summed E-state index contributed by atoms with van der Waals surface area (Å²) in [4.78, 5) is 23.5. The third-order valence-corrected chi connectivity index (χ3v) is 5.17. The van der Waals surface area contributed by atoms with Gasteiger partial charge in [-0.1, -0.05) is 26.2 Å². The van der Waals surface area contributed by atoms with Crippen LogP contribution in [0, 0.1) is 17.8 Å². The highest BCUT2D eigenvalue weighted by atomic mass is 16.4. The van der Waals surface area contributed by atoms with Gasteiger partial charge < -0.3 is 15.7 Å². The van der Waals surface area contributed by atoms with Gasteiger partial charge in [-0.2, -0.15) is 0 Å². The molecule has 5 heteroatoms. The van der Waals surface area contributed by atoms with E-state index in [2.05, 4.69) is 17.6 Å². The number of piperidine rings is 1. The van der Waals surface area contributed by atoms with Crippen LogP contribution in [0.2, 0.25) is 0 Å². The summed E-state index contributed by atoms with van der Waals surface area (Å²) in [5.41, 5.74) is 0. The van der Waals surface area contributed by atoms with E-state index in [1.807, 2.05) is 0 Å². The Labute approximate surface area is 126 Å². The normalized spacial score (nSPS) is 33.4. The van der Waals surface area contributed by atoms with E-state index >= 15 is 0 Å². The molecule has 0 aromatic heterocycles. The molecule has 21 heavy (non-hydrogen) atoms. The van der Waals surface area contributed by atoms with Gasteiger partial charge in [0.05, 0.1) is 12.0 Å². The highest BCUT2D eigenvalue weighted by Crippen LogP contribution is 2.29. The van der Waals surface area contributed by atoms with Crippen LogP contribution in [0.15, 0.2) is 0 Å². The highest BCUT2D eigenvalue weighted by molar-refractivity contribution is 5.82. The quantitative estimate of drug-likeness (QED) is 0.722. The van der Waals surface area contributed by atoms with Crippen LogP contribution < -0.4 is 10.6 Å². The number of carbonyl (C=O) groups is 2. The van der Waals surface area contributed by atoms with Crippen molar-refractivity contribution in [3.8, 4) is 0 Å². The molecule has 1 saturated carbocycles. The first-order valence-corrected chi connectivity index (χ1v) is 8.35. The average Bonchev–Trinajstić information content (AvgIpc) is 2.52. The van der Waals surface area contributed by atoms with Crippen LogP contribution >= 0.6 is 0 Å². The van der Waals surface area contributed by atoms with Gasteiger partial charge in [-0.05, 0) is 44.1 Å². The van der Waals surface area contributed by atoms with Gasteiger partial charge in [-0.3, -0.25) is 9.59 Å². The van der Waals surface area contributed by atoms with Gasteiger partial charge in [0, 0.05) is 6.54 Å². The molecule has 1 aliphatic heterocycles. The van der Waals surface area contributed by atoms with Gasteiger partial charge in [0.2, 0.25) is 5.91 Å². The van der Waals surface area contributed by atoms with E-state index in [0.29, 0.717) is 12.5 Å². The lowest BCUT2D eigenvalue weighted by molar-refractivity contribution is -0.145. The zero-order valence-electron chi connectivity index (χ0n) is 12.9. The molecule has 1 heterocycles. The van der Waals surface area contributed by atoms with Crippen molar-refractivity contribution >= 4 is 11.9 Å². The zero-order valence-corrected chi connectivity index (χ0v) is 12.9. The summed E-state index contributed by atoms with van der Waals surface area (Å²) in [6.07, 6.45) is 6.88. The minimum Gasteiger partial charge on any atom is -0.481 e. The molecular formula is C16H28N2O3. The Kier molecular flexibility index (Phi) is 6.03. The number of rotatable bonds is 5. The number of carboxylic acid groups (broad SMARTS) is 1. The van der Waals surface area contributed by atoms with Crippen molar-refractivity contribution in [1.29, 1.82) is 0 Å². The first-order valence-electron chi connectivity index (χ1n) is 8.35. The Bertz CT molecular complexity index is 373. The van der Waals surface area contributed by atoms with Crippen molar-refractivity contribution < 1.29 is 14.7 Å². The summed E-state index contributed by atoms with van der Waals surface area (Å²) in [6, 6.07) is -0.101. The van der Waals surface area contributed by atoms with Crippen LogP contribution in [0.5, 0.6) is 0 Å². The van der Waals surface area contributed by atoms with E-state index in [4.69, 9.17) is 0 Å². The monoisotopic (exact) mass is 296 g/mol. The third-order valence-electron chi connectivity index (χ3n) is 5.17. The van der Waals surface area contributed by atoms with E-state index in [0.717, 1.165) is 51.5 Å². The fraction of sp³-hybridized carbons (Fsp3) is 0.875. The Morgan fingerprint density at radius 1 is 1.24 bits per heavy atom. The second kappa shape index (κ2) is 7.78. The van der Waals surface area contributed by atoms with Gasteiger partial charge in [0.1, 0.15) is 0 Å². The minimum absolute atomic E-state index is 0.0443. The summed E-state index contributed by atoms with van der Waals surface area (Å²) >= 11 is 0. The van der Waals surface area contributed by atoms with Crippen LogP contribution in [0.4, 0.5) is 0 Å². The molecule has 0 bridgehead atoms. The molecule has 0 aromatic rings. The van der Waals surface area contributed by atoms with E-state index < -0.39 is 5.97 Å². The van der Waals surface area contributed by atoms with E-state index in [9.17, 15) is 14.7 Å². The number of carboxylic acids is 1. The van der Waals surface area contributed by atoms with Gasteiger partial charge in [0.25, 0.3) is 0 Å². The molecule has 120 valence electrons. The van der Waals surface area contributed by atoms with Gasteiger partial charge in [-0.25, -0.2) is 0 Å². The van der Waals surface area contributed by atoms with Crippen molar-refractivity contribution in [3.63, 3.8) is 0 Å². The average molecular weight is 296 g/mol. The minimum atomic E-state index is -0.712. The summed E-state index contributed by atoms with van der Waals surface area (Å²) in [6.45, 7) is 3.58. The summed E-state index contributed by atoms with van der Waals surface area (Å²) in [5, 5.41) is 15.5. The smallest absolute Gasteiger partial charge is 0.306 e. The lowest BCUT2D eigenvalue weighted by Crippen LogP contribution is -2.50. The van der Waals surface area contributed by atoms with Crippen molar-refractivity contribution in [2.24, 2.45) is 17.8 Å². The van der Waals surface area contributed by atoms with Gasteiger partial charge in [-0.15, -0.1) is 0 Å². The van der Waals surface area contributed by atoms with E-state index in [1.54, 1.807) is 0 Å². The number of carbonyl (C=O) groups excluding carboxylic acids is 1. The van der Waals surface area contributed by atoms with E-state index in [-0.39, 0.29) is 23.8 Å². The maximum atomic E-state index is 12.3. The fourth-order valence-electron chi connectivity index (χ4n) is 3.70. The number of hydrogen-bond donors (Lipinski definition) is 3. The number of aliphatic carboxylic acids is 1. The molecule has 1 aliphatic carbocycles. The van der Waals surface area contributed by atoms with Gasteiger partial charge >= 0.3 is 5.97 Å². The maximum Gasteiger partial charge on any atom is 0.306 e. The predicted octanol–water partition coefficient (Wildman–Crippen LogP) is 1.77. The second-order valence-electron chi connectivity index (χ2n) is 6.54. The fourth-order valence-corrected chi connectivity index (χ4v) is 3.70. The molecule has 0 radical (unpaired) electrons. The first kappa shape index (κ1) is 16.3. The second-order valence-corrected chi connectivity index (χ2v) is 6.54.